The maximum atomic E-state index is 6.79. The Morgan fingerprint density at radius 1 is 0.917 bits per heavy atom. The van der Waals surface area contributed by atoms with Gasteiger partial charge in [0.05, 0.1) is 0 Å². The Kier molecular flexibility index (Phi) is 6.38. The molecule has 2 rings (SSSR count). The van der Waals surface area contributed by atoms with Gasteiger partial charge in [-0.05, 0) is 21.8 Å². The van der Waals surface area contributed by atoms with E-state index in [1.165, 1.54) is 10.4 Å². The molecule has 0 radical (unpaired) electrons. The van der Waals surface area contributed by atoms with Crippen molar-refractivity contribution in [3.05, 3.63) is 60.7 Å². The molecule has 0 aromatic heterocycles. The Morgan fingerprint density at radius 3 is 1.75 bits per heavy atom. The molecule has 2 aromatic carbocycles. The van der Waals surface area contributed by atoms with E-state index in [0.717, 1.165) is 12.8 Å². The van der Waals surface area contributed by atoms with E-state index in [1.807, 2.05) is 0 Å². The standard InChI is InChI=1S/C21H31NOSi/c1-5-12-18(22)17-23-24(21(2,3)4,19-13-8-6-9-14-19)20-15-10-7-11-16-20/h6-11,13-16,18H,5,12,17,22H2,1-4H3/t18-/m0/s1. The predicted molar refractivity (Wildman–Crippen MR) is 106 cm³/mol. The van der Waals surface area contributed by atoms with Gasteiger partial charge in [-0.25, -0.2) is 0 Å². The summed E-state index contributed by atoms with van der Waals surface area (Å²) < 4.78 is 6.79. The molecule has 1 atom stereocenters. The van der Waals surface area contributed by atoms with Crippen molar-refractivity contribution in [1.29, 1.82) is 0 Å². The normalized spacial score (nSPS) is 13.7. The summed E-state index contributed by atoms with van der Waals surface area (Å²) in [6, 6.07) is 21.6. The van der Waals surface area contributed by atoms with Crippen LogP contribution >= 0.6 is 0 Å². The van der Waals surface area contributed by atoms with Gasteiger partial charge >= 0.3 is 0 Å². The van der Waals surface area contributed by atoms with Crippen molar-refractivity contribution in [2.24, 2.45) is 5.73 Å². The van der Waals surface area contributed by atoms with Crippen LogP contribution in [0.15, 0.2) is 60.7 Å². The molecule has 3 heteroatoms. The van der Waals surface area contributed by atoms with Crippen LogP contribution in [0.2, 0.25) is 5.04 Å². The molecule has 0 aliphatic carbocycles. The van der Waals surface area contributed by atoms with E-state index >= 15 is 0 Å². The summed E-state index contributed by atoms with van der Waals surface area (Å²) in [4.78, 5) is 0. The van der Waals surface area contributed by atoms with Gasteiger partial charge in [0.25, 0.3) is 8.32 Å². The number of hydrogen-bond acceptors (Lipinski definition) is 2. The van der Waals surface area contributed by atoms with Gasteiger partial charge in [-0.2, -0.15) is 0 Å². The van der Waals surface area contributed by atoms with Crippen molar-refractivity contribution in [1.82, 2.24) is 0 Å². The van der Waals surface area contributed by atoms with Gasteiger partial charge in [-0.1, -0.05) is 94.8 Å². The van der Waals surface area contributed by atoms with E-state index in [-0.39, 0.29) is 11.1 Å². The molecule has 0 spiro atoms. The van der Waals surface area contributed by atoms with Gasteiger partial charge in [-0.15, -0.1) is 0 Å². The van der Waals surface area contributed by atoms with Crippen LogP contribution in [0, 0.1) is 0 Å². The second kappa shape index (κ2) is 8.10. The third kappa shape index (κ3) is 3.97. The molecular weight excluding hydrogens is 310 g/mol. The lowest BCUT2D eigenvalue weighted by atomic mass is 10.2. The topological polar surface area (TPSA) is 35.2 Å². The van der Waals surface area contributed by atoms with Gasteiger partial charge in [0.1, 0.15) is 0 Å². The SMILES string of the molecule is CCC[C@H](N)CO[Si](c1ccccc1)(c1ccccc1)C(C)(C)C. The first-order chi connectivity index (χ1) is 11.4. The molecule has 0 unspecified atom stereocenters. The zero-order valence-corrected chi connectivity index (χ0v) is 16.5. The first-order valence-electron chi connectivity index (χ1n) is 8.92. The van der Waals surface area contributed by atoms with E-state index in [4.69, 9.17) is 10.2 Å². The van der Waals surface area contributed by atoms with Crippen molar-refractivity contribution >= 4 is 18.7 Å². The molecule has 2 N–H and O–H groups in total. The second-order valence-electron chi connectivity index (χ2n) is 7.52. The van der Waals surface area contributed by atoms with Crippen LogP contribution in [0.1, 0.15) is 40.5 Å². The van der Waals surface area contributed by atoms with Crippen LogP contribution in [0.5, 0.6) is 0 Å². The molecule has 0 aliphatic heterocycles. The highest BCUT2D eigenvalue weighted by Gasteiger charge is 2.50. The second-order valence-corrected chi connectivity index (χ2v) is 11.8. The summed E-state index contributed by atoms with van der Waals surface area (Å²) in [5.41, 5.74) is 6.29. The van der Waals surface area contributed by atoms with Crippen LogP contribution in [-0.2, 0) is 4.43 Å². The molecule has 0 bridgehead atoms. The zero-order chi connectivity index (χ0) is 17.6. The minimum Gasteiger partial charge on any atom is -0.406 e. The molecule has 2 nitrogen and oxygen atoms in total. The quantitative estimate of drug-likeness (QED) is 0.780. The zero-order valence-electron chi connectivity index (χ0n) is 15.5. The maximum absolute atomic E-state index is 6.79. The van der Waals surface area contributed by atoms with Crippen LogP contribution in [0.25, 0.3) is 0 Å². The Morgan fingerprint density at radius 2 is 1.38 bits per heavy atom. The van der Waals surface area contributed by atoms with E-state index in [1.54, 1.807) is 0 Å². The highest BCUT2D eigenvalue weighted by Crippen LogP contribution is 2.36. The molecule has 0 aliphatic rings. The van der Waals surface area contributed by atoms with Gasteiger partial charge in [0, 0.05) is 12.6 Å². The highest BCUT2D eigenvalue weighted by atomic mass is 28.4. The molecule has 0 fully saturated rings. The number of nitrogens with two attached hydrogens (primary N) is 1. The van der Waals surface area contributed by atoms with Gasteiger partial charge in [0.2, 0.25) is 0 Å². The summed E-state index contributed by atoms with van der Waals surface area (Å²) in [6.45, 7) is 9.67. The average Bonchev–Trinajstić information content (AvgIpc) is 2.56. The summed E-state index contributed by atoms with van der Waals surface area (Å²) in [5.74, 6) is 0. The lowest BCUT2D eigenvalue weighted by Crippen LogP contribution is -2.67. The van der Waals surface area contributed by atoms with E-state index in [9.17, 15) is 0 Å². The van der Waals surface area contributed by atoms with E-state index in [2.05, 4.69) is 88.4 Å². The minimum absolute atomic E-state index is 0.0155. The first kappa shape index (κ1) is 18.9. The largest absolute Gasteiger partial charge is 0.406 e. The van der Waals surface area contributed by atoms with Gasteiger partial charge < -0.3 is 10.2 Å². The van der Waals surface area contributed by atoms with Crippen LogP contribution in [-0.4, -0.2) is 21.0 Å². The molecule has 24 heavy (non-hydrogen) atoms. The predicted octanol–water partition coefficient (Wildman–Crippen LogP) is 3.69. The first-order valence-corrected chi connectivity index (χ1v) is 10.8. The lowest BCUT2D eigenvalue weighted by Gasteiger charge is -2.43. The smallest absolute Gasteiger partial charge is 0.261 e. The highest BCUT2D eigenvalue weighted by molar-refractivity contribution is 6.99. The Labute approximate surface area is 148 Å². The fourth-order valence-corrected chi connectivity index (χ4v) is 8.07. The molecule has 0 amide bonds. The third-order valence-electron chi connectivity index (χ3n) is 4.59. The minimum atomic E-state index is -2.42. The molecule has 130 valence electrons. The van der Waals surface area contributed by atoms with Crippen molar-refractivity contribution in [2.75, 3.05) is 6.61 Å². The molecule has 0 heterocycles. The van der Waals surface area contributed by atoms with Gasteiger partial charge in [-0.3, -0.25) is 0 Å². The summed E-state index contributed by atoms with van der Waals surface area (Å²) in [7, 11) is -2.42. The summed E-state index contributed by atoms with van der Waals surface area (Å²) in [5, 5.41) is 2.64. The van der Waals surface area contributed by atoms with Crippen molar-refractivity contribution in [3.63, 3.8) is 0 Å². The van der Waals surface area contributed by atoms with E-state index < -0.39 is 8.32 Å². The van der Waals surface area contributed by atoms with Crippen LogP contribution in [0.4, 0.5) is 0 Å². The maximum Gasteiger partial charge on any atom is 0.261 e. The van der Waals surface area contributed by atoms with Crippen LogP contribution in [0.3, 0.4) is 0 Å². The van der Waals surface area contributed by atoms with Gasteiger partial charge in [0.15, 0.2) is 0 Å². The summed E-state index contributed by atoms with van der Waals surface area (Å²) >= 11 is 0. The molecular formula is C21H31NOSi. The van der Waals surface area contributed by atoms with Crippen molar-refractivity contribution in [3.8, 4) is 0 Å². The number of rotatable bonds is 7. The fourth-order valence-electron chi connectivity index (χ4n) is 3.45. The Hall–Kier alpha value is -1.42. The number of hydrogen-bond donors (Lipinski definition) is 1. The number of benzene rings is 2. The Bertz CT molecular complexity index is 567. The molecule has 0 saturated carbocycles. The monoisotopic (exact) mass is 341 g/mol. The van der Waals surface area contributed by atoms with Crippen molar-refractivity contribution in [2.45, 2.75) is 51.6 Å². The summed E-state index contributed by atoms with van der Waals surface area (Å²) in [6.07, 6.45) is 2.09. The molecule has 0 saturated heterocycles. The van der Waals surface area contributed by atoms with E-state index in [0.29, 0.717) is 6.61 Å². The van der Waals surface area contributed by atoms with Crippen molar-refractivity contribution < 1.29 is 4.43 Å². The Balaban J connectivity index is 2.53. The third-order valence-corrected chi connectivity index (χ3v) is 9.60. The lowest BCUT2D eigenvalue weighted by molar-refractivity contribution is 0.265. The molecule has 2 aromatic rings. The fraction of sp³-hybridized carbons (Fsp3) is 0.429. The van der Waals surface area contributed by atoms with Crippen LogP contribution < -0.4 is 16.1 Å². The average molecular weight is 342 g/mol.